The molecule has 29 heavy (non-hydrogen) atoms. The van der Waals surface area contributed by atoms with E-state index in [0.29, 0.717) is 18.2 Å². The van der Waals surface area contributed by atoms with Gasteiger partial charge < -0.3 is 14.6 Å². The summed E-state index contributed by atoms with van der Waals surface area (Å²) < 4.78 is 7.28. The predicted molar refractivity (Wildman–Crippen MR) is 115 cm³/mol. The summed E-state index contributed by atoms with van der Waals surface area (Å²) in [4.78, 5) is 17.0. The Kier molecular flexibility index (Phi) is 6.01. The second-order valence-electron chi connectivity index (χ2n) is 7.29. The smallest absolute Gasteiger partial charge is 0.295 e. The Morgan fingerprint density at radius 1 is 1.31 bits per heavy atom. The zero-order chi connectivity index (χ0) is 20.2. The minimum Gasteiger partial charge on any atom is -0.381 e. The summed E-state index contributed by atoms with van der Waals surface area (Å²) >= 11 is 1.58. The molecule has 2 aromatic carbocycles. The number of nitrogens with zero attached hydrogens (tertiary/aromatic N) is 3. The number of aromatic nitrogens is 2. The Bertz CT molecular complexity index is 1000. The van der Waals surface area contributed by atoms with E-state index in [0.717, 1.165) is 47.7 Å². The van der Waals surface area contributed by atoms with Crippen LogP contribution in [-0.2, 0) is 17.5 Å². The zero-order valence-electron chi connectivity index (χ0n) is 16.3. The largest absolute Gasteiger partial charge is 0.381 e. The first kappa shape index (κ1) is 19.7. The fourth-order valence-electron chi connectivity index (χ4n) is 3.65. The SMILES string of the molecule is Cn1cnc2c(SCc3ccccc3)cc([N+](=O)[O-])c(NCC3CCOCC3)c21. The standard InChI is InChI=1S/C21H24N4O3S/c1-24-14-23-20-18(29-13-16-5-3-2-4-6-16)11-17(25(26)27)19(21(20)24)22-12-15-7-9-28-10-8-15/h2-6,11,14-15,22H,7-10,12-13H2,1H3. The number of nitro groups is 1. The van der Waals surface area contributed by atoms with Crippen molar-refractivity contribution in [1.82, 2.24) is 9.55 Å². The molecule has 1 aromatic heterocycles. The number of ether oxygens (including phenoxy) is 1. The maximum absolute atomic E-state index is 11.9. The normalized spacial score (nSPS) is 14.9. The van der Waals surface area contributed by atoms with Crippen LogP contribution in [0.4, 0.5) is 11.4 Å². The molecule has 0 aliphatic carbocycles. The molecule has 7 nitrogen and oxygen atoms in total. The van der Waals surface area contributed by atoms with Gasteiger partial charge in [-0.05, 0) is 24.3 Å². The number of fused-ring (bicyclic) bond motifs is 1. The number of imidazole rings is 1. The Balaban J connectivity index is 1.66. The van der Waals surface area contributed by atoms with Crippen molar-refractivity contribution in [1.29, 1.82) is 0 Å². The van der Waals surface area contributed by atoms with E-state index in [1.165, 1.54) is 5.56 Å². The van der Waals surface area contributed by atoms with Crippen molar-refractivity contribution < 1.29 is 9.66 Å². The first-order chi connectivity index (χ1) is 14.1. The molecule has 0 amide bonds. The van der Waals surface area contributed by atoms with E-state index in [1.807, 2.05) is 29.8 Å². The van der Waals surface area contributed by atoms with Crippen molar-refractivity contribution >= 4 is 34.2 Å². The van der Waals surface area contributed by atoms with Gasteiger partial charge in [0, 0.05) is 43.5 Å². The van der Waals surface area contributed by atoms with Crippen LogP contribution in [0.25, 0.3) is 11.0 Å². The summed E-state index contributed by atoms with van der Waals surface area (Å²) in [5.74, 6) is 1.19. The quantitative estimate of drug-likeness (QED) is 0.347. The van der Waals surface area contributed by atoms with Gasteiger partial charge in [0.25, 0.3) is 5.69 Å². The molecule has 0 saturated carbocycles. The van der Waals surface area contributed by atoms with Gasteiger partial charge in [0.05, 0.1) is 16.8 Å². The van der Waals surface area contributed by atoms with Crippen LogP contribution in [0.5, 0.6) is 0 Å². The topological polar surface area (TPSA) is 82.2 Å². The first-order valence-electron chi connectivity index (χ1n) is 9.74. The van der Waals surface area contributed by atoms with Crippen LogP contribution >= 0.6 is 11.8 Å². The van der Waals surface area contributed by atoms with Gasteiger partial charge in [-0.15, -0.1) is 11.8 Å². The van der Waals surface area contributed by atoms with Gasteiger partial charge in [-0.1, -0.05) is 30.3 Å². The molecule has 8 heteroatoms. The number of nitro benzene ring substituents is 1. The van der Waals surface area contributed by atoms with Crippen LogP contribution < -0.4 is 5.32 Å². The number of rotatable bonds is 7. The maximum Gasteiger partial charge on any atom is 0.295 e. The number of aryl methyl sites for hydroxylation is 1. The third-order valence-electron chi connectivity index (χ3n) is 5.27. The fourth-order valence-corrected chi connectivity index (χ4v) is 4.65. The lowest BCUT2D eigenvalue weighted by molar-refractivity contribution is -0.384. The number of benzene rings is 2. The van der Waals surface area contributed by atoms with E-state index < -0.39 is 0 Å². The highest BCUT2D eigenvalue weighted by Crippen LogP contribution is 2.40. The average Bonchev–Trinajstić information content (AvgIpc) is 3.14. The molecule has 1 aliphatic rings. The van der Waals surface area contributed by atoms with Gasteiger partial charge >= 0.3 is 0 Å². The van der Waals surface area contributed by atoms with Gasteiger partial charge in [0.15, 0.2) is 0 Å². The number of anilines is 1. The Labute approximate surface area is 173 Å². The second-order valence-corrected chi connectivity index (χ2v) is 8.31. The molecular formula is C21H24N4O3S. The lowest BCUT2D eigenvalue weighted by atomic mass is 10.0. The fraction of sp³-hybridized carbons (Fsp3) is 0.381. The van der Waals surface area contributed by atoms with Crippen LogP contribution in [0.2, 0.25) is 0 Å². The molecule has 0 unspecified atom stereocenters. The molecule has 1 saturated heterocycles. The Morgan fingerprint density at radius 3 is 2.79 bits per heavy atom. The lowest BCUT2D eigenvalue weighted by Gasteiger charge is -2.23. The molecule has 0 spiro atoms. The van der Waals surface area contributed by atoms with E-state index in [-0.39, 0.29) is 10.6 Å². The summed E-state index contributed by atoms with van der Waals surface area (Å²) in [5, 5.41) is 15.3. The summed E-state index contributed by atoms with van der Waals surface area (Å²) in [6.07, 6.45) is 3.67. The molecular weight excluding hydrogens is 388 g/mol. The molecule has 0 bridgehead atoms. The van der Waals surface area contributed by atoms with E-state index in [2.05, 4.69) is 22.4 Å². The molecule has 3 aromatic rings. The zero-order valence-corrected chi connectivity index (χ0v) is 17.2. The molecule has 1 fully saturated rings. The van der Waals surface area contributed by atoms with Crippen molar-refractivity contribution in [2.24, 2.45) is 13.0 Å². The Morgan fingerprint density at radius 2 is 2.07 bits per heavy atom. The van der Waals surface area contributed by atoms with Crippen molar-refractivity contribution in [3.63, 3.8) is 0 Å². The first-order valence-corrected chi connectivity index (χ1v) is 10.7. The summed E-state index contributed by atoms with van der Waals surface area (Å²) in [5.41, 5.74) is 3.41. The predicted octanol–water partition coefficient (Wildman–Crippen LogP) is 4.61. The summed E-state index contributed by atoms with van der Waals surface area (Å²) in [6.45, 7) is 2.20. The lowest BCUT2D eigenvalue weighted by Crippen LogP contribution is -2.23. The van der Waals surface area contributed by atoms with Crippen LogP contribution in [0, 0.1) is 16.0 Å². The number of hydrogen-bond donors (Lipinski definition) is 1. The Hall–Kier alpha value is -2.58. The number of hydrogen-bond acceptors (Lipinski definition) is 6. The van der Waals surface area contributed by atoms with Crippen LogP contribution in [0.3, 0.4) is 0 Å². The third-order valence-corrected chi connectivity index (χ3v) is 6.37. The number of nitrogens with one attached hydrogen (secondary N) is 1. The minimum atomic E-state index is -0.300. The average molecular weight is 413 g/mol. The highest BCUT2D eigenvalue weighted by atomic mass is 32.2. The van der Waals surface area contributed by atoms with Crippen molar-refractivity contribution in [3.8, 4) is 0 Å². The maximum atomic E-state index is 11.9. The van der Waals surface area contributed by atoms with Crippen LogP contribution in [0.15, 0.2) is 47.6 Å². The van der Waals surface area contributed by atoms with E-state index in [4.69, 9.17) is 4.74 Å². The summed E-state index contributed by atoms with van der Waals surface area (Å²) in [6, 6.07) is 11.8. The van der Waals surface area contributed by atoms with Crippen LogP contribution in [-0.4, -0.2) is 34.2 Å². The molecule has 152 valence electrons. The summed E-state index contributed by atoms with van der Waals surface area (Å²) in [7, 11) is 1.88. The van der Waals surface area contributed by atoms with E-state index >= 15 is 0 Å². The van der Waals surface area contributed by atoms with Crippen molar-refractivity contribution in [2.75, 3.05) is 25.1 Å². The van der Waals surface area contributed by atoms with E-state index in [1.54, 1.807) is 24.2 Å². The highest BCUT2D eigenvalue weighted by molar-refractivity contribution is 7.98. The molecule has 2 heterocycles. The highest BCUT2D eigenvalue weighted by Gasteiger charge is 2.24. The molecule has 0 radical (unpaired) electrons. The van der Waals surface area contributed by atoms with E-state index in [9.17, 15) is 10.1 Å². The van der Waals surface area contributed by atoms with Gasteiger partial charge in [0.2, 0.25) is 0 Å². The van der Waals surface area contributed by atoms with Gasteiger partial charge in [0.1, 0.15) is 11.2 Å². The molecule has 4 rings (SSSR count). The molecule has 1 aliphatic heterocycles. The third kappa shape index (κ3) is 4.38. The van der Waals surface area contributed by atoms with Gasteiger partial charge in [-0.2, -0.15) is 0 Å². The minimum absolute atomic E-state index is 0.101. The van der Waals surface area contributed by atoms with Gasteiger partial charge in [-0.3, -0.25) is 10.1 Å². The van der Waals surface area contributed by atoms with Crippen LogP contribution in [0.1, 0.15) is 18.4 Å². The van der Waals surface area contributed by atoms with Crippen molar-refractivity contribution in [3.05, 3.63) is 58.4 Å². The molecule has 1 N–H and O–H groups in total. The number of thioether (sulfide) groups is 1. The second kappa shape index (κ2) is 8.84. The van der Waals surface area contributed by atoms with Crippen molar-refractivity contribution in [2.45, 2.75) is 23.5 Å². The molecule has 0 atom stereocenters. The van der Waals surface area contributed by atoms with Gasteiger partial charge in [-0.25, -0.2) is 4.98 Å². The monoisotopic (exact) mass is 412 g/mol.